The molecule has 2 rings (SSSR count). The molecule has 3 heteroatoms. The van der Waals surface area contributed by atoms with E-state index in [2.05, 4.69) is 18.7 Å². The van der Waals surface area contributed by atoms with Gasteiger partial charge in [-0.15, -0.1) is 0 Å². The fourth-order valence-electron chi connectivity index (χ4n) is 2.83. The molecule has 1 saturated heterocycles. The van der Waals surface area contributed by atoms with E-state index in [0.29, 0.717) is 11.5 Å². The van der Waals surface area contributed by atoms with Gasteiger partial charge in [-0.25, -0.2) is 0 Å². The van der Waals surface area contributed by atoms with Crippen molar-refractivity contribution in [3.8, 4) is 0 Å². The van der Waals surface area contributed by atoms with Crippen LogP contribution < -0.4 is 0 Å². The summed E-state index contributed by atoms with van der Waals surface area (Å²) in [4.78, 5) is 13.1. The molecule has 86 valence electrons. The van der Waals surface area contributed by atoms with Gasteiger partial charge >= 0.3 is 5.97 Å². The summed E-state index contributed by atoms with van der Waals surface area (Å²) in [6.07, 6.45) is 5.67. The van der Waals surface area contributed by atoms with E-state index in [1.54, 1.807) is 0 Å². The first-order chi connectivity index (χ1) is 6.99. The van der Waals surface area contributed by atoms with E-state index in [4.69, 9.17) is 5.11 Å². The molecule has 2 aliphatic rings. The first-order valence-electron chi connectivity index (χ1n) is 5.98. The topological polar surface area (TPSA) is 40.5 Å². The van der Waals surface area contributed by atoms with Crippen molar-refractivity contribution in [3.63, 3.8) is 0 Å². The molecular weight excluding hydrogens is 190 g/mol. The summed E-state index contributed by atoms with van der Waals surface area (Å²) in [7, 11) is 0. The van der Waals surface area contributed by atoms with E-state index in [9.17, 15) is 4.79 Å². The van der Waals surface area contributed by atoms with Gasteiger partial charge in [0.1, 0.15) is 6.04 Å². The molecule has 1 atom stereocenters. The highest BCUT2D eigenvalue weighted by Crippen LogP contribution is 2.39. The number of hydrogen-bond donors (Lipinski definition) is 1. The molecule has 15 heavy (non-hydrogen) atoms. The number of nitrogens with zero attached hydrogens (tertiary/aromatic N) is 1. The lowest BCUT2D eigenvalue weighted by molar-refractivity contribution is -0.151. The van der Waals surface area contributed by atoms with Crippen LogP contribution in [0.2, 0.25) is 0 Å². The van der Waals surface area contributed by atoms with E-state index in [1.807, 2.05) is 0 Å². The second-order valence-electron chi connectivity index (χ2n) is 5.78. The van der Waals surface area contributed by atoms with Crippen LogP contribution in [0.3, 0.4) is 0 Å². The standard InChI is InChI=1S/C12H21NO2/c1-12(2)6-3-9(4-7-12)13-8-5-10(13)11(14)15/h9-10H,3-8H2,1-2H3,(H,14,15)/t10-/m1/s1. The van der Waals surface area contributed by atoms with Crippen LogP contribution >= 0.6 is 0 Å². The van der Waals surface area contributed by atoms with Crippen molar-refractivity contribution in [1.82, 2.24) is 4.90 Å². The number of carboxylic acid groups (broad SMARTS) is 1. The largest absolute Gasteiger partial charge is 0.480 e. The van der Waals surface area contributed by atoms with Crippen LogP contribution in [0, 0.1) is 5.41 Å². The average molecular weight is 211 g/mol. The van der Waals surface area contributed by atoms with Gasteiger partial charge in [0.25, 0.3) is 0 Å². The molecular formula is C12H21NO2. The second kappa shape index (κ2) is 3.78. The molecule has 0 radical (unpaired) electrons. The Balaban J connectivity index is 1.89. The van der Waals surface area contributed by atoms with Crippen LogP contribution in [0.25, 0.3) is 0 Å². The van der Waals surface area contributed by atoms with E-state index in [-0.39, 0.29) is 6.04 Å². The van der Waals surface area contributed by atoms with Crippen molar-refractivity contribution in [3.05, 3.63) is 0 Å². The Bertz CT molecular complexity index is 252. The second-order valence-corrected chi connectivity index (χ2v) is 5.78. The molecule has 1 aliphatic heterocycles. The summed E-state index contributed by atoms with van der Waals surface area (Å²) in [5.41, 5.74) is 0.472. The van der Waals surface area contributed by atoms with Gasteiger partial charge in [-0.2, -0.15) is 0 Å². The Labute approximate surface area is 91.5 Å². The molecule has 1 N–H and O–H groups in total. The highest BCUT2D eigenvalue weighted by Gasteiger charge is 2.40. The molecule has 0 amide bonds. The minimum absolute atomic E-state index is 0.184. The fraction of sp³-hybridized carbons (Fsp3) is 0.917. The Morgan fingerprint density at radius 1 is 1.27 bits per heavy atom. The number of likely N-dealkylation sites (tertiary alicyclic amines) is 1. The molecule has 1 heterocycles. The predicted octanol–water partition coefficient (Wildman–Crippen LogP) is 2.11. The maximum atomic E-state index is 10.9. The average Bonchev–Trinajstić information content (AvgIpc) is 2.05. The van der Waals surface area contributed by atoms with Gasteiger partial charge in [0.2, 0.25) is 0 Å². The van der Waals surface area contributed by atoms with Crippen LogP contribution in [0.4, 0.5) is 0 Å². The van der Waals surface area contributed by atoms with Gasteiger partial charge in [0, 0.05) is 12.6 Å². The normalized spacial score (nSPS) is 32.3. The maximum Gasteiger partial charge on any atom is 0.320 e. The first kappa shape index (κ1) is 10.9. The fourth-order valence-corrected chi connectivity index (χ4v) is 2.83. The van der Waals surface area contributed by atoms with E-state index in [1.165, 1.54) is 25.7 Å². The predicted molar refractivity (Wildman–Crippen MR) is 58.8 cm³/mol. The highest BCUT2D eigenvalue weighted by atomic mass is 16.4. The number of hydrogen-bond acceptors (Lipinski definition) is 2. The summed E-state index contributed by atoms with van der Waals surface area (Å²) in [6.45, 7) is 5.62. The zero-order valence-electron chi connectivity index (χ0n) is 9.70. The number of aliphatic carboxylic acids is 1. The SMILES string of the molecule is CC1(C)CCC(N2CC[C@@H]2C(=O)O)CC1. The third kappa shape index (κ3) is 2.17. The van der Waals surface area contributed by atoms with Crippen molar-refractivity contribution in [2.24, 2.45) is 5.41 Å². The lowest BCUT2D eigenvalue weighted by Crippen LogP contribution is -2.57. The molecule has 0 spiro atoms. The van der Waals surface area contributed by atoms with Crippen molar-refractivity contribution in [2.45, 2.75) is 58.0 Å². The van der Waals surface area contributed by atoms with Crippen LogP contribution in [0.15, 0.2) is 0 Å². The first-order valence-corrected chi connectivity index (χ1v) is 5.98. The molecule has 2 fully saturated rings. The summed E-state index contributed by atoms with van der Waals surface area (Å²) < 4.78 is 0. The van der Waals surface area contributed by atoms with Crippen molar-refractivity contribution in [2.75, 3.05) is 6.54 Å². The third-order valence-electron chi connectivity index (χ3n) is 4.12. The summed E-state index contributed by atoms with van der Waals surface area (Å²) >= 11 is 0. The molecule has 0 aromatic carbocycles. The van der Waals surface area contributed by atoms with Crippen LogP contribution in [0.1, 0.15) is 46.0 Å². The van der Waals surface area contributed by atoms with Crippen LogP contribution in [-0.4, -0.2) is 34.6 Å². The number of rotatable bonds is 2. The minimum Gasteiger partial charge on any atom is -0.480 e. The van der Waals surface area contributed by atoms with Crippen LogP contribution in [-0.2, 0) is 4.79 Å². The Hall–Kier alpha value is -0.570. The number of carbonyl (C=O) groups is 1. The summed E-state index contributed by atoms with van der Waals surface area (Å²) in [5, 5.41) is 9.00. The van der Waals surface area contributed by atoms with Gasteiger partial charge in [-0.1, -0.05) is 13.8 Å². The molecule has 1 aliphatic carbocycles. The third-order valence-corrected chi connectivity index (χ3v) is 4.12. The summed E-state index contributed by atoms with van der Waals surface area (Å²) in [6, 6.07) is 0.351. The zero-order chi connectivity index (χ0) is 11.1. The van der Waals surface area contributed by atoms with E-state index in [0.717, 1.165) is 13.0 Å². The van der Waals surface area contributed by atoms with Gasteiger partial charge in [-0.3, -0.25) is 9.69 Å². The Kier molecular flexibility index (Phi) is 2.75. The maximum absolute atomic E-state index is 10.9. The van der Waals surface area contributed by atoms with Gasteiger partial charge in [-0.05, 0) is 37.5 Å². The minimum atomic E-state index is -0.633. The lowest BCUT2D eigenvalue weighted by atomic mass is 9.74. The van der Waals surface area contributed by atoms with E-state index >= 15 is 0 Å². The Morgan fingerprint density at radius 2 is 1.87 bits per heavy atom. The van der Waals surface area contributed by atoms with Gasteiger partial charge in [0.15, 0.2) is 0 Å². The van der Waals surface area contributed by atoms with Crippen molar-refractivity contribution < 1.29 is 9.90 Å². The molecule has 0 aromatic rings. The van der Waals surface area contributed by atoms with Gasteiger partial charge in [0.05, 0.1) is 0 Å². The van der Waals surface area contributed by atoms with Crippen molar-refractivity contribution in [1.29, 1.82) is 0 Å². The summed E-state index contributed by atoms with van der Waals surface area (Å²) in [5.74, 6) is -0.633. The molecule has 3 nitrogen and oxygen atoms in total. The quantitative estimate of drug-likeness (QED) is 0.760. The molecule has 1 saturated carbocycles. The zero-order valence-corrected chi connectivity index (χ0v) is 9.70. The van der Waals surface area contributed by atoms with Crippen LogP contribution in [0.5, 0.6) is 0 Å². The highest BCUT2D eigenvalue weighted by molar-refractivity contribution is 5.74. The van der Waals surface area contributed by atoms with Gasteiger partial charge < -0.3 is 5.11 Å². The molecule has 0 aromatic heterocycles. The monoisotopic (exact) mass is 211 g/mol. The molecule has 0 bridgehead atoms. The van der Waals surface area contributed by atoms with Crippen molar-refractivity contribution >= 4 is 5.97 Å². The smallest absolute Gasteiger partial charge is 0.320 e. The molecule has 0 unspecified atom stereocenters. The van der Waals surface area contributed by atoms with E-state index < -0.39 is 5.97 Å². The Morgan fingerprint density at radius 3 is 2.27 bits per heavy atom. The lowest BCUT2D eigenvalue weighted by Gasteiger charge is -2.47. The number of carboxylic acids is 1.